The van der Waals surface area contributed by atoms with Crippen LogP contribution in [0.2, 0.25) is 0 Å². The van der Waals surface area contributed by atoms with E-state index in [4.69, 9.17) is 4.74 Å². The number of amides is 4. The van der Waals surface area contributed by atoms with Gasteiger partial charge in [-0.2, -0.15) is 0 Å². The van der Waals surface area contributed by atoms with E-state index in [2.05, 4.69) is 10.6 Å². The Balaban J connectivity index is 1.29. The molecule has 0 bridgehead atoms. The third-order valence-corrected chi connectivity index (χ3v) is 5.10. The number of nitrogens with zero attached hydrogens (tertiary/aromatic N) is 2. The van der Waals surface area contributed by atoms with Crippen LogP contribution in [0.1, 0.15) is 20.7 Å². The average molecular weight is 422 g/mol. The van der Waals surface area contributed by atoms with Crippen molar-refractivity contribution in [2.24, 2.45) is 0 Å². The summed E-state index contributed by atoms with van der Waals surface area (Å²) < 4.78 is 5.27. The minimum absolute atomic E-state index is 0.121. The van der Waals surface area contributed by atoms with E-state index < -0.39 is 17.7 Å². The maximum absolute atomic E-state index is 12.4. The Kier molecular flexibility index (Phi) is 6.06. The molecular formula is C22H22N4O5. The van der Waals surface area contributed by atoms with E-state index in [1.165, 1.54) is 0 Å². The summed E-state index contributed by atoms with van der Waals surface area (Å²) in [5.41, 5.74) is 1.71. The Labute approximate surface area is 179 Å². The van der Waals surface area contributed by atoms with Crippen molar-refractivity contribution in [2.45, 2.75) is 0 Å². The third-order valence-electron chi connectivity index (χ3n) is 5.10. The number of anilines is 2. The molecular weight excluding hydrogens is 400 g/mol. The van der Waals surface area contributed by atoms with Gasteiger partial charge < -0.3 is 15.4 Å². The molecule has 4 rings (SSSR count). The van der Waals surface area contributed by atoms with E-state index >= 15 is 0 Å². The highest BCUT2D eigenvalue weighted by molar-refractivity contribution is 6.22. The van der Waals surface area contributed by atoms with Crippen molar-refractivity contribution >= 4 is 35.0 Å². The number of hydrogen-bond acceptors (Lipinski definition) is 6. The van der Waals surface area contributed by atoms with Gasteiger partial charge in [-0.05, 0) is 36.4 Å². The second kappa shape index (κ2) is 9.07. The zero-order valence-corrected chi connectivity index (χ0v) is 16.8. The molecule has 0 unspecified atom stereocenters. The van der Waals surface area contributed by atoms with Crippen molar-refractivity contribution in [1.29, 1.82) is 0 Å². The largest absolute Gasteiger partial charge is 0.379 e. The molecule has 2 aromatic rings. The van der Waals surface area contributed by atoms with Crippen LogP contribution < -0.4 is 10.6 Å². The Hall–Kier alpha value is -3.56. The van der Waals surface area contributed by atoms with Gasteiger partial charge >= 0.3 is 0 Å². The number of ether oxygens (including phenoxy) is 1. The van der Waals surface area contributed by atoms with Gasteiger partial charge in [0.2, 0.25) is 11.8 Å². The molecule has 0 saturated carbocycles. The molecule has 0 atom stereocenters. The van der Waals surface area contributed by atoms with Gasteiger partial charge in [-0.1, -0.05) is 12.1 Å². The van der Waals surface area contributed by atoms with Gasteiger partial charge in [-0.15, -0.1) is 0 Å². The number of nitrogens with one attached hydrogen (secondary N) is 2. The first-order valence-electron chi connectivity index (χ1n) is 9.96. The standard InChI is InChI=1S/C22H22N4O5/c27-19(13-25-9-11-31-12-10-25)23-15-5-7-16(8-6-15)24-20(28)14-26-21(29)17-3-1-2-4-18(17)22(26)30/h1-8H,9-14H2,(H,23,27)(H,24,28). The predicted molar refractivity (Wildman–Crippen MR) is 113 cm³/mol. The van der Waals surface area contributed by atoms with Gasteiger partial charge in [0.1, 0.15) is 6.54 Å². The van der Waals surface area contributed by atoms with Crippen LogP contribution in [0.5, 0.6) is 0 Å². The molecule has 2 aromatic carbocycles. The topological polar surface area (TPSA) is 108 Å². The van der Waals surface area contributed by atoms with E-state index in [0.717, 1.165) is 18.0 Å². The summed E-state index contributed by atoms with van der Waals surface area (Å²) in [4.78, 5) is 52.2. The minimum Gasteiger partial charge on any atom is -0.379 e. The molecule has 160 valence electrons. The zero-order chi connectivity index (χ0) is 21.8. The fraction of sp³-hybridized carbons (Fsp3) is 0.273. The summed E-state index contributed by atoms with van der Waals surface area (Å²) >= 11 is 0. The van der Waals surface area contributed by atoms with Gasteiger partial charge in [0, 0.05) is 24.5 Å². The van der Waals surface area contributed by atoms with Crippen LogP contribution in [0.25, 0.3) is 0 Å². The van der Waals surface area contributed by atoms with Gasteiger partial charge in [-0.25, -0.2) is 0 Å². The first-order valence-corrected chi connectivity index (χ1v) is 9.96. The summed E-state index contributed by atoms with van der Waals surface area (Å²) in [6.45, 7) is 2.63. The molecule has 0 aliphatic carbocycles. The maximum atomic E-state index is 12.4. The average Bonchev–Trinajstić information content (AvgIpc) is 3.01. The van der Waals surface area contributed by atoms with Gasteiger partial charge in [0.05, 0.1) is 30.9 Å². The van der Waals surface area contributed by atoms with Crippen LogP contribution in [0.4, 0.5) is 11.4 Å². The predicted octanol–water partition coefficient (Wildman–Crippen LogP) is 1.19. The smallest absolute Gasteiger partial charge is 0.262 e. The molecule has 0 aromatic heterocycles. The second-order valence-electron chi connectivity index (χ2n) is 7.30. The van der Waals surface area contributed by atoms with Gasteiger partial charge in [-0.3, -0.25) is 29.0 Å². The third kappa shape index (κ3) is 4.79. The maximum Gasteiger partial charge on any atom is 0.262 e. The molecule has 31 heavy (non-hydrogen) atoms. The van der Waals surface area contributed by atoms with E-state index in [1.54, 1.807) is 48.5 Å². The van der Waals surface area contributed by atoms with E-state index in [0.29, 0.717) is 42.3 Å². The molecule has 2 heterocycles. The molecule has 1 saturated heterocycles. The van der Waals surface area contributed by atoms with Gasteiger partial charge in [0.15, 0.2) is 0 Å². The first kappa shape index (κ1) is 20.7. The Morgan fingerprint density at radius 1 is 0.774 bits per heavy atom. The fourth-order valence-electron chi connectivity index (χ4n) is 3.53. The van der Waals surface area contributed by atoms with E-state index in [-0.39, 0.29) is 12.5 Å². The van der Waals surface area contributed by atoms with Crippen LogP contribution in [0.3, 0.4) is 0 Å². The van der Waals surface area contributed by atoms with Gasteiger partial charge in [0.25, 0.3) is 11.8 Å². The van der Waals surface area contributed by atoms with Crippen LogP contribution in [0.15, 0.2) is 48.5 Å². The number of hydrogen-bond donors (Lipinski definition) is 2. The Morgan fingerprint density at radius 3 is 1.77 bits per heavy atom. The van der Waals surface area contributed by atoms with E-state index in [1.807, 2.05) is 4.90 Å². The van der Waals surface area contributed by atoms with Crippen LogP contribution in [-0.2, 0) is 14.3 Å². The Morgan fingerprint density at radius 2 is 1.26 bits per heavy atom. The lowest BCUT2D eigenvalue weighted by Gasteiger charge is -2.25. The highest BCUT2D eigenvalue weighted by Gasteiger charge is 2.36. The fourth-order valence-corrected chi connectivity index (χ4v) is 3.53. The van der Waals surface area contributed by atoms with Crippen molar-refractivity contribution < 1.29 is 23.9 Å². The summed E-state index contributed by atoms with van der Waals surface area (Å²) in [5, 5.41) is 5.48. The number of carbonyl (C=O) groups excluding carboxylic acids is 4. The van der Waals surface area contributed by atoms with Crippen molar-refractivity contribution in [1.82, 2.24) is 9.80 Å². The van der Waals surface area contributed by atoms with Crippen LogP contribution in [0, 0.1) is 0 Å². The molecule has 2 N–H and O–H groups in total. The molecule has 2 aliphatic rings. The number of imide groups is 1. The molecule has 1 fully saturated rings. The lowest BCUT2D eigenvalue weighted by atomic mass is 10.1. The highest BCUT2D eigenvalue weighted by Crippen LogP contribution is 2.22. The lowest BCUT2D eigenvalue weighted by molar-refractivity contribution is -0.118. The number of carbonyl (C=O) groups is 4. The van der Waals surface area contributed by atoms with E-state index in [9.17, 15) is 19.2 Å². The second-order valence-corrected chi connectivity index (χ2v) is 7.30. The first-order chi connectivity index (χ1) is 15.0. The molecule has 2 aliphatic heterocycles. The van der Waals surface area contributed by atoms with Crippen molar-refractivity contribution in [3.8, 4) is 0 Å². The molecule has 0 radical (unpaired) electrons. The quantitative estimate of drug-likeness (QED) is 0.677. The summed E-state index contributed by atoms with van der Waals surface area (Å²) in [7, 11) is 0. The molecule has 9 heteroatoms. The minimum atomic E-state index is -0.487. The van der Waals surface area contributed by atoms with Crippen LogP contribution >= 0.6 is 0 Å². The zero-order valence-electron chi connectivity index (χ0n) is 16.8. The highest BCUT2D eigenvalue weighted by atomic mass is 16.5. The summed E-state index contributed by atoms with van der Waals surface area (Å²) in [6, 6.07) is 13.1. The monoisotopic (exact) mass is 422 g/mol. The van der Waals surface area contributed by atoms with Crippen molar-refractivity contribution in [2.75, 3.05) is 50.0 Å². The number of benzene rings is 2. The lowest BCUT2D eigenvalue weighted by Crippen LogP contribution is -2.41. The molecule has 0 spiro atoms. The molecule has 9 nitrogen and oxygen atoms in total. The van der Waals surface area contributed by atoms with Crippen molar-refractivity contribution in [3.63, 3.8) is 0 Å². The summed E-state index contributed by atoms with van der Waals surface area (Å²) in [6.07, 6.45) is 0. The number of rotatable bonds is 6. The van der Waals surface area contributed by atoms with Crippen molar-refractivity contribution in [3.05, 3.63) is 59.7 Å². The number of morpholine rings is 1. The number of fused-ring (bicyclic) bond motifs is 1. The van der Waals surface area contributed by atoms with Crippen LogP contribution in [-0.4, -0.2) is 72.8 Å². The SMILES string of the molecule is O=C(CN1CCOCC1)Nc1ccc(NC(=O)CN2C(=O)c3ccccc3C2=O)cc1. The normalized spacial score (nSPS) is 16.2. The Bertz CT molecular complexity index is 980. The summed E-state index contributed by atoms with van der Waals surface area (Å²) in [5.74, 6) is -1.56. The molecule has 4 amide bonds.